The minimum absolute atomic E-state index is 0.0755. The first-order valence-corrected chi connectivity index (χ1v) is 11.7. The highest BCUT2D eigenvalue weighted by Crippen LogP contribution is 2.30. The third-order valence-corrected chi connectivity index (χ3v) is 5.97. The van der Waals surface area contributed by atoms with Crippen LogP contribution >= 0.6 is 11.8 Å². The first-order chi connectivity index (χ1) is 17.2. The fraction of sp³-hybridized carbons (Fsp3) is 0.115. The fourth-order valence-corrected chi connectivity index (χ4v) is 4.17. The molecule has 1 heterocycles. The number of anilines is 2. The molecule has 0 fully saturated rings. The van der Waals surface area contributed by atoms with Crippen LogP contribution in [0.25, 0.3) is 6.08 Å². The molecular formula is C26H20F3N3O3S. The van der Waals surface area contributed by atoms with Crippen LogP contribution in [0.5, 0.6) is 5.75 Å². The first kappa shape index (κ1) is 25.1. The molecule has 184 valence electrons. The third-order valence-electron chi connectivity index (χ3n) is 5.03. The van der Waals surface area contributed by atoms with Crippen LogP contribution in [-0.4, -0.2) is 29.1 Å². The van der Waals surface area contributed by atoms with Gasteiger partial charge in [-0.3, -0.25) is 14.5 Å². The van der Waals surface area contributed by atoms with E-state index < -0.39 is 12.3 Å². The maximum absolute atomic E-state index is 13.2. The molecule has 0 radical (unpaired) electrons. The van der Waals surface area contributed by atoms with Gasteiger partial charge < -0.3 is 10.1 Å². The summed E-state index contributed by atoms with van der Waals surface area (Å²) >= 11 is 1.08. The van der Waals surface area contributed by atoms with Crippen molar-refractivity contribution in [1.29, 1.82) is 0 Å². The third kappa shape index (κ3) is 6.33. The van der Waals surface area contributed by atoms with E-state index in [1.807, 2.05) is 37.3 Å². The van der Waals surface area contributed by atoms with E-state index in [1.165, 1.54) is 17.0 Å². The van der Waals surface area contributed by atoms with E-state index in [2.05, 4.69) is 15.0 Å². The van der Waals surface area contributed by atoms with Crippen molar-refractivity contribution in [2.45, 2.75) is 13.3 Å². The largest absolute Gasteiger partial charge is 0.573 e. The number of nitrogens with one attached hydrogen (secondary N) is 1. The van der Waals surface area contributed by atoms with Gasteiger partial charge in [-0.25, -0.2) is 4.99 Å². The molecule has 0 aromatic heterocycles. The molecule has 0 saturated heterocycles. The summed E-state index contributed by atoms with van der Waals surface area (Å²) in [4.78, 5) is 31.7. The summed E-state index contributed by atoms with van der Waals surface area (Å²) in [6.45, 7) is 1.94. The zero-order valence-corrected chi connectivity index (χ0v) is 19.8. The minimum atomic E-state index is -4.79. The summed E-state index contributed by atoms with van der Waals surface area (Å²) in [6.07, 6.45) is -3.08. The number of carbonyl (C=O) groups excluding carboxylic acids is 2. The molecule has 0 unspecified atom stereocenters. The standard InChI is InChI=1S/C26H20F3N3O3S/c1-17-7-5-6-8-18(17)15-22-24(34)32(20-9-3-2-4-10-20)25(31-22)36-16-23(33)30-19-11-13-21(14-12-19)35-26(27,28)29/h2-15H,16H2,1H3,(H,30,33)/b22-15+. The van der Waals surface area contributed by atoms with Crippen LogP contribution in [0.1, 0.15) is 11.1 Å². The smallest absolute Gasteiger partial charge is 0.406 e. The second-order valence-electron chi connectivity index (χ2n) is 7.67. The number of hydrogen-bond donors (Lipinski definition) is 1. The van der Waals surface area contributed by atoms with Gasteiger partial charge in [0.25, 0.3) is 5.91 Å². The number of para-hydroxylation sites is 1. The van der Waals surface area contributed by atoms with Crippen molar-refractivity contribution in [2.24, 2.45) is 4.99 Å². The number of amides is 2. The van der Waals surface area contributed by atoms with Gasteiger partial charge in [0.2, 0.25) is 5.91 Å². The van der Waals surface area contributed by atoms with Gasteiger partial charge in [0.1, 0.15) is 11.4 Å². The molecule has 1 aliphatic rings. The zero-order chi connectivity index (χ0) is 25.7. The average Bonchev–Trinajstić information content (AvgIpc) is 3.15. The van der Waals surface area contributed by atoms with Crippen LogP contribution in [-0.2, 0) is 9.59 Å². The molecule has 0 aliphatic carbocycles. The summed E-state index contributed by atoms with van der Waals surface area (Å²) in [5, 5.41) is 2.95. The number of hydrogen-bond acceptors (Lipinski definition) is 5. The molecule has 1 N–H and O–H groups in total. The van der Waals surface area contributed by atoms with Gasteiger partial charge in [0.05, 0.1) is 11.4 Å². The van der Waals surface area contributed by atoms with Gasteiger partial charge in [0.15, 0.2) is 5.17 Å². The molecule has 0 atom stereocenters. The Balaban J connectivity index is 1.48. The highest BCUT2D eigenvalue weighted by molar-refractivity contribution is 8.14. The fourth-order valence-electron chi connectivity index (χ4n) is 3.36. The Labute approximate surface area is 209 Å². The minimum Gasteiger partial charge on any atom is -0.406 e. The van der Waals surface area contributed by atoms with E-state index in [0.717, 1.165) is 35.0 Å². The van der Waals surface area contributed by atoms with Gasteiger partial charge in [-0.15, -0.1) is 13.2 Å². The number of thioether (sulfide) groups is 1. The predicted octanol–water partition coefficient (Wildman–Crippen LogP) is 6.01. The first-order valence-electron chi connectivity index (χ1n) is 10.7. The number of alkyl halides is 3. The number of aryl methyl sites for hydroxylation is 1. The van der Waals surface area contributed by atoms with E-state index in [-0.39, 0.29) is 23.1 Å². The lowest BCUT2D eigenvalue weighted by molar-refractivity contribution is -0.274. The van der Waals surface area contributed by atoms with Crippen molar-refractivity contribution in [3.8, 4) is 5.75 Å². The Morgan fingerprint density at radius 1 is 1.03 bits per heavy atom. The highest BCUT2D eigenvalue weighted by Gasteiger charge is 2.33. The van der Waals surface area contributed by atoms with Crippen molar-refractivity contribution in [3.05, 3.63) is 95.7 Å². The van der Waals surface area contributed by atoms with E-state index in [9.17, 15) is 22.8 Å². The lowest BCUT2D eigenvalue weighted by atomic mass is 10.1. The van der Waals surface area contributed by atoms with Gasteiger partial charge in [-0.05, 0) is 60.5 Å². The predicted molar refractivity (Wildman–Crippen MR) is 135 cm³/mol. The molecule has 1 aliphatic heterocycles. The van der Waals surface area contributed by atoms with Crippen LogP contribution in [0.2, 0.25) is 0 Å². The number of ether oxygens (including phenoxy) is 1. The number of amidine groups is 1. The van der Waals surface area contributed by atoms with Crippen LogP contribution in [0.3, 0.4) is 0 Å². The van der Waals surface area contributed by atoms with Gasteiger partial charge >= 0.3 is 6.36 Å². The number of rotatable bonds is 6. The molecule has 10 heteroatoms. The van der Waals surface area contributed by atoms with Crippen LogP contribution < -0.4 is 15.0 Å². The molecule has 6 nitrogen and oxygen atoms in total. The van der Waals surface area contributed by atoms with Crippen molar-refractivity contribution in [3.63, 3.8) is 0 Å². The van der Waals surface area contributed by atoms with Crippen molar-refractivity contribution < 1.29 is 27.5 Å². The quantitative estimate of drug-likeness (QED) is 0.412. The summed E-state index contributed by atoms with van der Waals surface area (Å²) in [7, 11) is 0. The van der Waals surface area contributed by atoms with Gasteiger partial charge in [-0.2, -0.15) is 0 Å². The number of nitrogens with zero attached hydrogens (tertiary/aromatic N) is 2. The van der Waals surface area contributed by atoms with Crippen molar-refractivity contribution in [1.82, 2.24) is 0 Å². The van der Waals surface area contributed by atoms with Gasteiger partial charge in [-0.1, -0.05) is 54.2 Å². The molecule has 36 heavy (non-hydrogen) atoms. The Morgan fingerprint density at radius 3 is 2.36 bits per heavy atom. The van der Waals surface area contributed by atoms with E-state index >= 15 is 0 Å². The Hall–Kier alpha value is -4.05. The van der Waals surface area contributed by atoms with Crippen LogP contribution in [0, 0.1) is 6.92 Å². The normalized spacial score (nSPS) is 14.7. The van der Waals surface area contributed by atoms with Crippen molar-refractivity contribution in [2.75, 3.05) is 16.0 Å². The molecule has 2 amide bonds. The second kappa shape index (κ2) is 10.7. The number of carbonyl (C=O) groups is 2. The SMILES string of the molecule is Cc1ccccc1/C=C1/N=C(SCC(=O)Nc2ccc(OC(F)(F)F)cc2)N(c2ccccc2)C1=O. The average molecular weight is 512 g/mol. The maximum Gasteiger partial charge on any atom is 0.573 e. The van der Waals surface area contributed by atoms with Crippen LogP contribution in [0.4, 0.5) is 24.5 Å². The lowest BCUT2D eigenvalue weighted by Crippen LogP contribution is -2.31. The molecule has 3 aromatic rings. The Bertz CT molecular complexity index is 1320. The van der Waals surface area contributed by atoms with Gasteiger partial charge in [0, 0.05) is 5.69 Å². The topological polar surface area (TPSA) is 71.0 Å². The summed E-state index contributed by atoms with van der Waals surface area (Å²) in [5.74, 6) is -1.19. The monoisotopic (exact) mass is 511 g/mol. The Kier molecular flexibility index (Phi) is 7.44. The summed E-state index contributed by atoms with van der Waals surface area (Å²) in [5.41, 5.74) is 3.02. The number of aliphatic imine (C=N–C) groups is 1. The van der Waals surface area contributed by atoms with Crippen LogP contribution in [0.15, 0.2) is 89.6 Å². The molecule has 0 saturated carbocycles. The second-order valence-corrected chi connectivity index (χ2v) is 8.61. The van der Waals surface area contributed by atoms with E-state index in [0.29, 0.717) is 16.5 Å². The molecule has 0 spiro atoms. The Morgan fingerprint density at radius 2 is 1.69 bits per heavy atom. The molecule has 3 aromatic carbocycles. The molecule has 0 bridgehead atoms. The lowest BCUT2D eigenvalue weighted by Gasteiger charge is -2.17. The summed E-state index contributed by atoms with van der Waals surface area (Å²) < 4.78 is 40.8. The maximum atomic E-state index is 13.2. The van der Waals surface area contributed by atoms with Crippen molar-refractivity contribution >= 4 is 46.2 Å². The number of halogens is 3. The number of benzene rings is 3. The molecule has 4 rings (SSSR count). The highest BCUT2D eigenvalue weighted by atomic mass is 32.2. The molecular weight excluding hydrogens is 491 g/mol. The van der Waals surface area contributed by atoms with E-state index in [4.69, 9.17) is 0 Å². The van der Waals surface area contributed by atoms with E-state index in [1.54, 1.807) is 30.3 Å². The summed E-state index contributed by atoms with van der Waals surface area (Å²) in [6, 6.07) is 21.4. The zero-order valence-electron chi connectivity index (χ0n) is 19.0.